The minimum atomic E-state index is -0.612. The summed E-state index contributed by atoms with van der Waals surface area (Å²) in [7, 11) is 0. The molecule has 2 N–H and O–H groups in total. The summed E-state index contributed by atoms with van der Waals surface area (Å²) in [6.45, 7) is 2.82. The number of nitrogens with zero attached hydrogens (tertiary/aromatic N) is 3. The maximum atomic E-state index is 12.7. The lowest BCUT2D eigenvalue weighted by Crippen LogP contribution is -2.55. The third-order valence-corrected chi connectivity index (χ3v) is 5.99. The minimum Gasteiger partial charge on any atom is -0.396 e. The number of hydrogen-bond donors (Lipinski definition) is 2. The lowest BCUT2D eigenvalue weighted by molar-refractivity contribution is -0.142. The minimum absolute atomic E-state index is 0.0247. The Morgan fingerprint density at radius 3 is 2.93 bits per heavy atom. The second kappa shape index (κ2) is 9.69. The van der Waals surface area contributed by atoms with Crippen molar-refractivity contribution in [3.63, 3.8) is 0 Å². The standard InChI is InChI=1S/C21H28ClN3O4/c1-2-11-21(14-26)13-25(12-10-17(21)27)19(28)9-5-8-18-23-20(24-29-18)15-6-3-4-7-16(15)22/h3-4,6-7,17,26-27H,2,5,8-14H2,1H3/t17-,21+/m0/s1. The van der Waals surface area contributed by atoms with Gasteiger partial charge in [0, 0.05) is 36.9 Å². The summed E-state index contributed by atoms with van der Waals surface area (Å²) in [6, 6.07) is 7.29. The van der Waals surface area contributed by atoms with Crippen molar-refractivity contribution in [2.24, 2.45) is 5.41 Å². The van der Waals surface area contributed by atoms with Crippen LogP contribution in [0.1, 0.15) is 44.9 Å². The van der Waals surface area contributed by atoms with Crippen molar-refractivity contribution in [1.29, 1.82) is 0 Å². The van der Waals surface area contributed by atoms with Crippen LogP contribution in [0.3, 0.4) is 0 Å². The molecule has 8 heteroatoms. The topological polar surface area (TPSA) is 99.7 Å². The zero-order valence-corrected chi connectivity index (χ0v) is 17.4. The molecule has 3 rings (SSSR count). The molecule has 0 aliphatic carbocycles. The Morgan fingerprint density at radius 2 is 2.21 bits per heavy atom. The third kappa shape index (κ3) is 4.97. The smallest absolute Gasteiger partial charge is 0.226 e. The second-order valence-corrected chi connectivity index (χ2v) is 8.14. The predicted molar refractivity (Wildman–Crippen MR) is 109 cm³/mol. The van der Waals surface area contributed by atoms with Crippen LogP contribution < -0.4 is 0 Å². The molecule has 0 spiro atoms. The highest BCUT2D eigenvalue weighted by molar-refractivity contribution is 6.33. The van der Waals surface area contributed by atoms with E-state index < -0.39 is 11.5 Å². The van der Waals surface area contributed by atoms with E-state index in [1.165, 1.54) is 0 Å². The van der Waals surface area contributed by atoms with E-state index in [4.69, 9.17) is 16.1 Å². The van der Waals surface area contributed by atoms with Crippen LogP contribution in [0.5, 0.6) is 0 Å². The number of benzene rings is 1. The van der Waals surface area contributed by atoms with Gasteiger partial charge in [0.1, 0.15) is 0 Å². The number of carbonyl (C=O) groups excluding carboxylic acids is 1. The number of aliphatic hydroxyl groups excluding tert-OH is 2. The molecule has 29 heavy (non-hydrogen) atoms. The molecule has 2 atom stereocenters. The summed E-state index contributed by atoms with van der Waals surface area (Å²) >= 11 is 6.16. The zero-order valence-electron chi connectivity index (χ0n) is 16.7. The number of aryl methyl sites for hydroxylation is 1. The molecule has 1 saturated heterocycles. The number of likely N-dealkylation sites (tertiary alicyclic amines) is 1. The van der Waals surface area contributed by atoms with Crippen LogP contribution in [-0.4, -0.2) is 57.0 Å². The molecular weight excluding hydrogens is 394 g/mol. The van der Waals surface area contributed by atoms with E-state index in [2.05, 4.69) is 10.1 Å². The molecule has 1 aliphatic heterocycles. The molecule has 1 aromatic heterocycles. The first-order chi connectivity index (χ1) is 14.0. The molecule has 0 radical (unpaired) electrons. The Morgan fingerprint density at radius 1 is 1.41 bits per heavy atom. The number of hydrogen-bond acceptors (Lipinski definition) is 6. The number of rotatable bonds is 8. The van der Waals surface area contributed by atoms with Crippen LogP contribution in [0.2, 0.25) is 5.02 Å². The Kier molecular flexibility index (Phi) is 7.27. The summed E-state index contributed by atoms with van der Waals surface area (Å²) < 4.78 is 5.29. The fourth-order valence-electron chi connectivity index (χ4n) is 4.00. The summed E-state index contributed by atoms with van der Waals surface area (Å²) in [5.74, 6) is 0.934. The average Bonchev–Trinajstić information content (AvgIpc) is 3.18. The molecule has 7 nitrogen and oxygen atoms in total. The van der Waals surface area contributed by atoms with Crippen LogP contribution in [-0.2, 0) is 11.2 Å². The number of halogens is 1. The largest absolute Gasteiger partial charge is 0.396 e. The molecule has 158 valence electrons. The highest BCUT2D eigenvalue weighted by Gasteiger charge is 2.42. The van der Waals surface area contributed by atoms with E-state index in [1.807, 2.05) is 25.1 Å². The van der Waals surface area contributed by atoms with Crippen LogP contribution >= 0.6 is 11.6 Å². The molecule has 2 heterocycles. The van der Waals surface area contributed by atoms with Gasteiger partial charge in [-0.15, -0.1) is 0 Å². The van der Waals surface area contributed by atoms with Crippen molar-refractivity contribution in [1.82, 2.24) is 15.0 Å². The first-order valence-corrected chi connectivity index (χ1v) is 10.5. The number of aliphatic hydroxyl groups is 2. The molecule has 0 bridgehead atoms. The molecule has 1 aromatic carbocycles. The van der Waals surface area contributed by atoms with Crippen LogP contribution in [0.4, 0.5) is 0 Å². The number of aromatic nitrogens is 2. The maximum Gasteiger partial charge on any atom is 0.226 e. The van der Waals surface area contributed by atoms with Crippen LogP contribution in [0.25, 0.3) is 11.4 Å². The number of amides is 1. The van der Waals surface area contributed by atoms with Gasteiger partial charge < -0.3 is 19.6 Å². The zero-order chi connectivity index (χ0) is 20.9. The van der Waals surface area contributed by atoms with E-state index in [0.717, 1.165) is 6.42 Å². The quantitative estimate of drug-likeness (QED) is 0.679. The molecule has 1 fully saturated rings. The Hall–Kier alpha value is -1.96. The van der Waals surface area contributed by atoms with Crippen molar-refractivity contribution in [2.75, 3.05) is 19.7 Å². The number of carbonyl (C=O) groups is 1. The second-order valence-electron chi connectivity index (χ2n) is 7.74. The molecule has 0 unspecified atom stereocenters. The molecule has 1 aliphatic rings. The third-order valence-electron chi connectivity index (χ3n) is 5.66. The van der Waals surface area contributed by atoms with Gasteiger partial charge in [-0.2, -0.15) is 4.98 Å². The Bertz CT molecular complexity index is 828. The molecular formula is C21H28ClN3O4. The monoisotopic (exact) mass is 421 g/mol. The first-order valence-electron chi connectivity index (χ1n) is 10.1. The SMILES string of the molecule is CCC[C@]1(CO)CN(C(=O)CCCc2nc(-c3ccccc3Cl)no2)CC[C@@H]1O. The summed E-state index contributed by atoms with van der Waals surface area (Å²) in [5.41, 5.74) is 0.0994. The van der Waals surface area contributed by atoms with E-state index in [9.17, 15) is 15.0 Å². The van der Waals surface area contributed by atoms with Crippen molar-refractivity contribution in [3.8, 4) is 11.4 Å². The van der Waals surface area contributed by atoms with Crippen LogP contribution in [0, 0.1) is 5.41 Å². The Labute approximate surface area is 175 Å². The van der Waals surface area contributed by atoms with Gasteiger partial charge in [0.05, 0.1) is 17.7 Å². The summed E-state index contributed by atoms with van der Waals surface area (Å²) in [5, 5.41) is 24.7. The Balaban J connectivity index is 1.53. The van der Waals surface area contributed by atoms with Crippen LogP contribution in [0.15, 0.2) is 28.8 Å². The molecule has 1 amide bonds. The van der Waals surface area contributed by atoms with Gasteiger partial charge in [-0.1, -0.05) is 42.2 Å². The van der Waals surface area contributed by atoms with Gasteiger partial charge in [0.25, 0.3) is 0 Å². The van der Waals surface area contributed by atoms with E-state index in [1.54, 1.807) is 11.0 Å². The van der Waals surface area contributed by atoms with Gasteiger partial charge in [-0.3, -0.25) is 4.79 Å². The molecule has 0 saturated carbocycles. The summed E-state index contributed by atoms with van der Waals surface area (Å²) in [4.78, 5) is 18.8. The van der Waals surface area contributed by atoms with Crippen molar-refractivity contribution < 1.29 is 19.5 Å². The van der Waals surface area contributed by atoms with Gasteiger partial charge in [-0.05, 0) is 31.4 Å². The van der Waals surface area contributed by atoms with Gasteiger partial charge >= 0.3 is 0 Å². The normalized spacial score (nSPS) is 22.1. The highest BCUT2D eigenvalue weighted by Crippen LogP contribution is 2.35. The highest BCUT2D eigenvalue weighted by atomic mass is 35.5. The van der Waals surface area contributed by atoms with E-state index in [0.29, 0.717) is 67.5 Å². The maximum absolute atomic E-state index is 12.7. The van der Waals surface area contributed by atoms with Gasteiger partial charge in [-0.25, -0.2) is 0 Å². The lowest BCUT2D eigenvalue weighted by atomic mass is 9.74. The predicted octanol–water partition coefficient (Wildman–Crippen LogP) is 3.08. The fourth-order valence-corrected chi connectivity index (χ4v) is 4.22. The van der Waals surface area contributed by atoms with Crippen molar-refractivity contribution in [2.45, 2.75) is 51.6 Å². The average molecular weight is 422 g/mol. The lowest BCUT2D eigenvalue weighted by Gasteiger charge is -2.45. The number of piperidine rings is 1. The summed E-state index contributed by atoms with van der Waals surface area (Å²) in [6.07, 6.45) is 2.91. The van der Waals surface area contributed by atoms with E-state index >= 15 is 0 Å². The van der Waals surface area contributed by atoms with E-state index in [-0.39, 0.29) is 12.5 Å². The van der Waals surface area contributed by atoms with Gasteiger partial charge in [0.15, 0.2) is 0 Å². The van der Waals surface area contributed by atoms with Crippen molar-refractivity contribution >= 4 is 17.5 Å². The fraction of sp³-hybridized carbons (Fsp3) is 0.571. The first kappa shape index (κ1) is 21.7. The van der Waals surface area contributed by atoms with Gasteiger partial charge in [0.2, 0.25) is 17.6 Å². The molecule has 2 aromatic rings. The van der Waals surface area contributed by atoms with Crippen molar-refractivity contribution in [3.05, 3.63) is 35.2 Å².